The topological polar surface area (TPSA) is 77.9 Å². The van der Waals surface area contributed by atoms with Crippen LogP contribution in [-0.2, 0) is 11.0 Å². The van der Waals surface area contributed by atoms with Crippen LogP contribution in [0.4, 0.5) is 18.9 Å². The Morgan fingerprint density at radius 3 is 2.53 bits per heavy atom. The van der Waals surface area contributed by atoms with Gasteiger partial charge in [-0.25, -0.2) is 0 Å². The van der Waals surface area contributed by atoms with E-state index >= 15 is 0 Å². The largest absolute Gasteiger partial charge is 0.490 e. The molecule has 2 N–H and O–H groups in total. The lowest BCUT2D eigenvalue weighted by Crippen LogP contribution is -2.32. The van der Waals surface area contributed by atoms with Gasteiger partial charge in [-0.15, -0.1) is 0 Å². The number of aromatic nitrogens is 1. The number of nitriles is 1. The zero-order valence-corrected chi connectivity index (χ0v) is 16.9. The van der Waals surface area contributed by atoms with Crippen LogP contribution in [0.5, 0.6) is 5.75 Å². The number of rotatable bonds is 5. The Kier molecular flexibility index (Phi) is 4.85. The monoisotopic (exact) mass is 439 g/mol. The van der Waals surface area contributed by atoms with E-state index in [0.717, 1.165) is 41.4 Å². The number of halogens is 3. The fourth-order valence-electron chi connectivity index (χ4n) is 4.20. The van der Waals surface area contributed by atoms with E-state index in [9.17, 15) is 18.0 Å². The second-order valence-electron chi connectivity index (χ2n) is 8.50. The van der Waals surface area contributed by atoms with Crippen LogP contribution in [0.15, 0.2) is 48.7 Å². The molecule has 0 aliphatic heterocycles. The number of carbonyl (C=O) groups excluding carboxylic acids is 1. The molecule has 3 aromatic rings. The fourth-order valence-corrected chi connectivity index (χ4v) is 4.20. The Bertz CT molecular complexity index is 1200. The lowest BCUT2D eigenvalue weighted by atomic mass is 9.77. The van der Waals surface area contributed by atoms with E-state index in [0.29, 0.717) is 17.9 Å². The number of nitrogens with zero attached hydrogens (tertiary/aromatic N) is 1. The van der Waals surface area contributed by atoms with E-state index in [1.54, 1.807) is 18.3 Å². The van der Waals surface area contributed by atoms with Crippen molar-refractivity contribution >= 4 is 22.5 Å². The third-order valence-electron chi connectivity index (χ3n) is 6.31. The number of ether oxygens (including phenoxy) is 1. The summed E-state index contributed by atoms with van der Waals surface area (Å²) in [6.07, 6.45) is -0.551. The lowest BCUT2D eigenvalue weighted by molar-refractivity contribution is -0.137. The molecule has 0 saturated heterocycles. The number of H-pyrrole nitrogens is 1. The van der Waals surface area contributed by atoms with Crippen molar-refractivity contribution < 1.29 is 22.7 Å². The number of aromatic amines is 1. The van der Waals surface area contributed by atoms with Crippen molar-refractivity contribution in [2.45, 2.75) is 37.5 Å². The average Bonchev–Trinajstić information content (AvgIpc) is 3.44. The Labute approximate surface area is 182 Å². The SMILES string of the molecule is N#CC1C[C@@H]1C(=O)Nc1c[nH]c2ccc(O[C@H]3C[C@H](c4ccc(C(F)(F)F)cc4)C3)cc12. The second-order valence-corrected chi connectivity index (χ2v) is 8.50. The molecule has 0 radical (unpaired) electrons. The van der Waals surface area contributed by atoms with Crippen molar-refractivity contribution in [2.24, 2.45) is 11.8 Å². The Morgan fingerprint density at radius 1 is 1.12 bits per heavy atom. The molecule has 0 bridgehead atoms. The summed E-state index contributed by atoms with van der Waals surface area (Å²) in [6, 6.07) is 13.0. The number of fused-ring (bicyclic) bond motifs is 1. The van der Waals surface area contributed by atoms with Gasteiger partial charge in [-0.1, -0.05) is 12.1 Å². The quantitative estimate of drug-likeness (QED) is 0.542. The third kappa shape index (κ3) is 3.91. The normalized spacial score (nSPS) is 24.4. The van der Waals surface area contributed by atoms with E-state index in [1.807, 2.05) is 18.2 Å². The summed E-state index contributed by atoms with van der Waals surface area (Å²) in [6.45, 7) is 0. The van der Waals surface area contributed by atoms with Crippen LogP contribution in [0.2, 0.25) is 0 Å². The number of anilines is 1. The Hall–Kier alpha value is -3.47. The highest BCUT2D eigenvalue weighted by Gasteiger charge is 2.43. The molecule has 1 unspecified atom stereocenters. The van der Waals surface area contributed by atoms with Crippen molar-refractivity contribution in [2.75, 3.05) is 5.32 Å². The number of benzene rings is 2. The molecule has 5 nitrogen and oxygen atoms in total. The van der Waals surface area contributed by atoms with Crippen LogP contribution in [0.3, 0.4) is 0 Å². The Morgan fingerprint density at radius 2 is 1.88 bits per heavy atom. The molecule has 2 aromatic carbocycles. The second kappa shape index (κ2) is 7.59. The highest BCUT2D eigenvalue weighted by Crippen LogP contribution is 2.41. The third-order valence-corrected chi connectivity index (χ3v) is 6.31. The van der Waals surface area contributed by atoms with Crippen molar-refractivity contribution in [3.63, 3.8) is 0 Å². The maximum absolute atomic E-state index is 12.7. The molecule has 164 valence electrons. The minimum atomic E-state index is -4.32. The first kappa shape index (κ1) is 20.4. The van der Waals surface area contributed by atoms with Crippen LogP contribution < -0.4 is 10.1 Å². The van der Waals surface area contributed by atoms with Gasteiger partial charge in [0.1, 0.15) is 5.75 Å². The Balaban J connectivity index is 1.21. The first-order valence-electron chi connectivity index (χ1n) is 10.5. The molecule has 1 aromatic heterocycles. The molecular formula is C24H20F3N3O2. The van der Waals surface area contributed by atoms with Gasteiger partial charge in [0.05, 0.1) is 35.3 Å². The van der Waals surface area contributed by atoms with Gasteiger partial charge in [0, 0.05) is 17.1 Å². The van der Waals surface area contributed by atoms with Crippen LogP contribution >= 0.6 is 0 Å². The van der Waals surface area contributed by atoms with Crippen molar-refractivity contribution in [1.82, 2.24) is 4.98 Å². The number of nitrogens with one attached hydrogen (secondary N) is 2. The molecule has 1 heterocycles. The van der Waals surface area contributed by atoms with Gasteiger partial charge in [0.2, 0.25) is 5.91 Å². The molecule has 1 amide bonds. The maximum Gasteiger partial charge on any atom is 0.416 e. The van der Waals surface area contributed by atoms with Crippen molar-refractivity contribution in [3.05, 3.63) is 59.8 Å². The lowest BCUT2D eigenvalue weighted by Gasteiger charge is -2.35. The molecule has 32 heavy (non-hydrogen) atoms. The fraction of sp³-hybridized carbons (Fsp3) is 0.333. The molecule has 5 rings (SSSR count). The number of hydrogen-bond acceptors (Lipinski definition) is 3. The predicted octanol–water partition coefficient (Wildman–Crippen LogP) is 5.61. The van der Waals surface area contributed by atoms with Crippen molar-refractivity contribution in [3.8, 4) is 11.8 Å². The molecule has 2 aliphatic rings. The predicted molar refractivity (Wildman–Crippen MR) is 112 cm³/mol. The number of alkyl halides is 3. The minimum absolute atomic E-state index is 0.0143. The smallest absolute Gasteiger partial charge is 0.416 e. The van der Waals surface area contributed by atoms with Crippen LogP contribution in [0.25, 0.3) is 10.9 Å². The first-order valence-corrected chi connectivity index (χ1v) is 10.5. The number of amides is 1. The summed E-state index contributed by atoms with van der Waals surface area (Å²) in [7, 11) is 0. The molecule has 2 fully saturated rings. The zero-order valence-electron chi connectivity index (χ0n) is 16.9. The molecule has 2 atom stereocenters. The first-order chi connectivity index (χ1) is 15.3. The van der Waals surface area contributed by atoms with Crippen molar-refractivity contribution in [1.29, 1.82) is 5.26 Å². The average molecular weight is 439 g/mol. The molecule has 2 aliphatic carbocycles. The summed E-state index contributed by atoms with van der Waals surface area (Å²) < 4.78 is 44.2. The minimum Gasteiger partial charge on any atom is -0.490 e. The molecule has 0 spiro atoms. The van der Waals surface area contributed by atoms with E-state index in [-0.39, 0.29) is 29.8 Å². The molecule has 8 heteroatoms. The van der Waals surface area contributed by atoms with Crippen LogP contribution in [0.1, 0.15) is 36.3 Å². The van der Waals surface area contributed by atoms with Gasteiger partial charge in [-0.2, -0.15) is 18.4 Å². The zero-order chi connectivity index (χ0) is 22.5. The van der Waals surface area contributed by atoms with E-state index in [4.69, 9.17) is 10.00 Å². The summed E-state index contributed by atoms with van der Waals surface area (Å²) >= 11 is 0. The number of hydrogen-bond donors (Lipinski definition) is 2. The van der Waals surface area contributed by atoms with E-state index < -0.39 is 11.7 Å². The van der Waals surface area contributed by atoms with Gasteiger partial charge in [-0.3, -0.25) is 4.79 Å². The highest BCUT2D eigenvalue weighted by atomic mass is 19.4. The summed E-state index contributed by atoms with van der Waals surface area (Å²) in [5.41, 5.74) is 1.76. The highest BCUT2D eigenvalue weighted by molar-refractivity contribution is 6.03. The summed E-state index contributed by atoms with van der Waals surface area (Å²) in [4.78, 5) is 15.4. The van der Waals surface area contributed by atoms with E-state index in [2.05, 4.69) is 16.4 Å². The van der Waals surface area contributed by atoms with Crippen LogP contribution in [-0.4, -0.2) is 17.0 Å². The molecule has 2 saturated carbocycles. The van der Waals surface area contributed by atoms with Gasteiger partial charge in [0.25, 0.3) is 0 Å². The molecular weight excluding hydrogens is 419 g/mol. The summed E-state index contributed by atoms with van der Waals surface area (Å²) in [5, 5.41) is 12.6. The summed E-state index contributed by atoms with van der Waals surface area (Å²) in [5.74, 6) is 0.253. The van der Waals surface area contributed by atoms with Gasteiger partial charge < -0.3 is 15.0 Å². The number of carbonyl (C=O) groups is 1. The van der Waals surface area contributed by atoms with Crippen LogP contribution in [0, 0.1) is 23.2 Å². The standard InChI is InChI=1S/C24H20F3N3O2/c25-24(26,27)16-3-1-13(2-4-16)14-7-18(8-14)32-17-5-6-21-20(10-17)22(12-29-21)30-23(31)19-9-15(19)11-28/h1-6,10,12,14-15,18-19,29H,7-9H2,(H,30,31)/t14-,15?,18-,19-/m0/s1. The van der Waals surface area contributed by atoms with E-state index in [1.165, 1.54) is 0 Å². The maximum atomic E-state index is 12.7. The van der Waals surface area contributed by atoms with Gasteiger partial charge in [0.15, 0.2) is 0 Å². The van der Waals surface area contributed by atoms with Gasteiger partial charge >= 0.3 is 6.18 Å². The van der Waals surface area contributed by atoms with Gasteiger partial charge in [-0.05, 0) is 61.1 Å².